The van der Waals surface area contributed by atoms with Crippen molar-refractivity contribution >= 4 is 11.9 Å². The molecule has 0 fully saturated rings. The lowest BCUT2D eigenvalue weighted by Crippen LogP contribution is -2.15. The van der Waals surface area contributed by atoms with Gasteiger partial charge < -0.3 is 9.47 Å². The van der Waals surface area contributed by atoms with E-state index in [-0.39, 0.29) is 11.1 Å². The average molecular weight is 282 g/mol. The molecule has 0 spiro atoms. The quantitative estimate of drug-likeness (QED) is 0.367. The minimum Gasteiger partial charge on any atom is -0.462 e. The van der Waals surface area contributed by atoms with Crippen LogP contribution in [0.2, 0.25) is 0 Å². The molecule has 0 aromatic heterocycles. The van der Waals surface area contributed by atoms with Crippen LogP contribution >= 0.6 is 0 Å². The van der Waals surface area contributed by atoms with Crippen molar-refractivity contribution in [3.05, 3.63) is 24.0 Å². The molecule has 4 nitrogen and oxygen atoms in total. The predicted molar refractivity (Wildman–Crippen MR) is 78.9 cm³/mol. The van der Waals surface area contributed by atoms with Crippen LogP contribution in [0.5, 0.6) is 0 Å². The summed E-state index contributed by atoms with van der Waals surface area (Å²) in [7, 11) is 0. The van der Waals surface area contributed by atoms with Crippen LogP contribution in [0.3, 0.4) is 0 Å². The first-order valence-electron chi connectivity index (χ1n) is 7.12. The van der Waals surface area contributed by atoms with Crippen LogP contribution in [0.1, 0.15) is 53.4 Å². The van der Waals surface area contributed by atoms with Gasteiger partial charge in [0.1, 0.15) is 6.26 Å². The Bertz CT molecular complexity index is 369. The van der Waals surface area contributed by atoms with Gasteiger partial charge in [0, 0.05) is 5.57 Å². The van der Waals surface area contributed by atoms with Crippen molar-refractivity contribution in [2.24, 2.45) is 5.92 Å². The van der Waals surface area contributed by atoms with Crippen molar-refractivity contribution < 1.29 is 19.1 Å². The first kappa shape index (κ1) is 18.4. The van der Waals surface area contributed by atoms with Gasteiger partial charge in [-0.3, -0.25) is 0 Å². The molecule has 0 aliphatic rings. The molecule has 0 bridgehead atoms. The van der Waals surface area contributed by atoms with Gasteiger partial charge in [-0.1, -0.05) is 39.7 Å². The fraction of sp³-hybridized carbons (Fsp3) is 0.625. The molecule has 0 aliphatic carbocycles. The third-order valence-electron chi connectivity index (χ3n) is 3.01. The number of esters is 2. The number of carbonyl (C=O) groups is 2. The van der Waals surface area contributed by atoms with Crippen LogP contribution in [0.4, 0.5) is 0 Å². The highest BCUT2D eigenvalue weighted by Gasteiger charge is 2.12. The van der Waals surface area contributed by atoms with Gasteiger partial charge in [-0.25, -0.2) is 9.59 Å². The smallest absolute Gasteiger partial charge is 0.337 e. The molecule has 4 heteroatoms. The van der Waals surface area contributed by atoms with E-state index in [1.165, 1.54) is 0 Å². The Balaban J connectivity index is 4.21. The molecule has 0 heterocycles. The second-order valence-corrected chi connectivity index (χ2v) is 5.00. The van der Waals surface area contributed by atoms with Crippen LogP contribution < -0.4 is 0 Å². The van der Waals surface area contributed by atoms with Crippen molar-refractivity contribution in [2.75, 3.05) is 6.61 Å². The van der Waals surface area contributed by atoms with E-state index in [4.69, 9.17) is 9.47 Å². The minimum atomic E-state index is -0.550. The second-order valence-electron chi connectivity index (χ2n) is 5.00. The van der Waals surface area contributed by atoms with E-state index in [9.17, 15) is 9.59 Å². The van der Waals surface area contributed by atoms with Gasteiger partial charge in [0.2, 0.25) is 0 Å². The summed E-state index contributed by atoms with van der Waals surface area (Å²) in [5.74, 6) is -0.606. The van der Waals surface area contributed by atoms with E-state index in [2.05, 4.69) is 20.4 Å². The summed E-state index contributed by atoms with van der Waals surface area (Å²) in [5, 5.41) is 0. The predicted octanol–water partition coefficient (Wildman–Crippen LogP) is 3.77. The van der Waals surface area contributed by atoms with Gasteiger partial charge in [-0.2, -0.15) is 0 Å². The summed E-state index contributed by atoms with van der Waals surface area (Å²) in [5.41, 5.74) is 0.554. The van der Waals surface area contributed by atoms with Crippen LogP contribution in [0.15, 0.2) is 24.0 Å². The molecule has 0 aromatic carbocycles. The second kappa shape index (κ2) is 10.2. The molecular formula is C16H26O4. The normalized spacial score (nSPS) is 12.7. The van der Waals surface area contributed by atoms with Crippen molar-refractivity contribution in [3.8, 4) is 0 Å². The molecule has 0 saturated carbocycles. The SMILES string of the molecule is C=C(C)C(=O)OC=C(C)C(=O)OCC(CC)CCCC. The Morgan fingerprint density at radius 2 is 1.85 bits per heavy atom. The highest BCUT2D eigenvalue weighted by atomic mass is 16.5. The first-order valence-corrected chi connectivity index (χ1v) is 7.12. The number of carbonyl (C=O) groups excluding carboxylic acids is 2. The highest BCUT2D eigenvalue weighted by Crippen LogP contribution is 2.13. The molecule has 20 heavy (non-hydrogen) atoms. The van der Waals surface area contributed by atoms with Gasteiger partial charge >= 0.3 is 11.9 Å². The van der Waals surface area contributed by atoms with E-state index >= 15 is 0 Å². The molecule has 0 radical (unpaired) electrons. The highest BCUT2D eigenvalue weighted by molar-refractivity contribution is 5.90. The Hall–Kier alpha value is -1.58. The van der Waals surface area contributed by atoms with Crippen molar-refractivity contribution in [3.63, 3.8) is 0 Å². The Labute approximate surface area is 121 Å². The lowest BCUT2D eigenvalue weighted by Gasteiger charge is -2.14. The summed E-state index contributed by atoms with van der Waals surface area (Å²) in [6.45, 7) is 11.2. The van der Waals surface area contributed by atoms with Crippen molar-refractivity contribution in [1.29, 1.82) is 0 Å². The van der Waals surface area contributed by atoms with Crippen LogP contribution in [-0.2, 0) is 19.1 Å². The fourth-order valence-corrected chi connectivity index (χ4v) is 1.50. The zero-order valence-corrected chi connectivity index (χ0v) is 13.0. The number of rotatable bonds is 9. The topological polar surface area (TPSA) is 52.6 Å². The van der Waals surface area contributed by atoms with Gasteiger partial charge in [0.05, 0.1) is 12.2 Å². The average Bonchev–Trinajstić information content (AvgIpc) is 2.43. The maximum absolute atomic E-state index is 11.7. The fourth-order valence-electron chi connectivity index (χ4n) is 1.50. The van der Waals surface area contributed by atoms with Crippen LogP contribution in [0.25, 0.3) is 0 Å². The Morgan fingerprint density at radius 1 is 1.20 bits per heavy atom. The zero-order chi connectivity index (χ0) is 15.5. The van der Waals surface area contributed by atoms with E-state index in [0.717, 1.165) is 31.9 Å². The molecule has 0 rings (SSSR count). The van der Waals surface area contributed by atoms with Crippen molar-refractivity contribution in [2.45, 2.75) is 53.4 Å². The van der Waals surface area contributed by atoms with Gasteiger partial charge in [0.25, 0.3) is 0 Å². The van der Waals surface area contributed by atoms with Gasteiger partial charge in [-0.15, -0.1) is 0 Å². The van der Waals surface area contributed by atoms with E-state index in [0.29, 0.717) is 12.5 Å². The number of hydrogen-bond donors (Lipinski definition) is 0. The zero-order valence-electron chi connectivity index (χ0n) is 13.0. The summed E-state index contributed by atoms with van der Waals surface area (Å²) >= 11 is 0. The third-order valence-corrected chi connectivity index (χ3v) is 3.01. The lowest BCUT2D eigenvalue weighted by atomic mass is 10.0. The molecule has 1 unspecified atom stereocenters. The third kappa shape index (κ3) is 7.77. The van der Waals surface area contributed by atoms with E-state index in [1.54, 1.807) is 13.8 Å². The molecule has 0 saturated heterocycles. The Kier molecular flexibility index (Phi) is 9.43. The minimum absolute atomic E-state index is 0.268. The maximum Gasteiger partial charge on any atom is 0.337 e. The van der Waals surface area contributed by atoms with Crippen LogP contribution in [-0.4, -0.2) is 18.5 Å². The van der Waals surface area contributed by atoms with E-state index < -0.39 is 11.9 Å². The first-order chi connectivity index (χ1) is 9.42. The monoisotopic (exact) mass is 282 g/mol. The van der Waals surface area contributed by atoms with Gasteiger partial charge in [-0.05, 0) is 26.2 Å². The Morgan fingerprint density at radius 3 is 2.35 bits per heavy atom. The van der Waals surface area contributed by atoms with Gasteiger partial charge in [0.15, 0.2) is 0 Å². The molecule has 0 amide bonds. The standard InChI is InChI=1S/C16H26O4/c1-6-8-9-14(7-2)11-20-16(18)13(5)10-19-15(17)12(3)4/h10,14H,3,6-9,11H2,1-2,4-5H3. The van der Waals surface area contributed by atoms with Crippen molar-refractivity contribution in [1.82, 2.24) is 0 Å². The summed E-state index contributed by atoms with van der Waals surface area (Å²) in [6.07, 6.45) is 5.45. The number of ether oxygens (including phenoxy) is 2. The molecule has 0 N–H and O–H groups in total. The summed E-state index contributed by atoms with van der Waals surface area (Å²) in [4.78, 5) is 22.9. The molecule has 114 valence electrons. The van der Waals surface area contributed by atoms with Crippen LogP contribution in [0, 0.1) is 5.92 Å². The van der Waals surface area contributed by atoms with E-state index in [1.807, 2.05) is 0 Å². The maximum atomic E-state index is 11.7. The summed E-state index contributed by atoms with van der Waals surface area (Å²) < 4.78 is 10.0. The number of unbranched alkanes of at least 4 members (excludes halogenated alkanes) is 1. The lowest BCUT2D eigenvalue weighted by molar-refractivity contribution is -0.140. The molecular weight excluding hydrogens is 256 g/mol. The largest absolute Gasteiger partial charge is 0.462 e. The molecule has 0 aromatic rings. The number of hydrogen-bond acceptors (Lipinski definition) is 4. The molecule has 1 atom stereocenters. The summed E-state index contributed by atoms with van der Waals surface area (Å²) in [6, 6.07) is 0. The molecule has 0 aliphatic heterocycles.